The topological polar surface area (TPSA) is 44.0 Å². The summed E-state index contributed by atoms with van der Waals surface area (Å²) in [6, 6.07) is 5.71. The van der Waals surface area contributed by atoms with Crippen LogP contribution < -0.4 is 0 Å². The lowest BCUT2D eigenvalue weighted by molar-refractivity contribution is 0.305. The normalized spacial score (nSPS) is 8.64. The number of halogens is 1. The summed E-state index contributed by atoms with van der Waals surface area (Å²) in [5, 5.41) is 17.2. The molecule has 0 unspecified atom stereocenters. The van der Waals surface area contributed by atoms with Crippen molar-refractivity contribution in [1.82, 2.24) is 0 Å². The number of nitrogens with zero attached hydrogens (tertiary/aromatic N) is 1. The van der Waals surface area contributed by atoms with Crippen molar-refractivity contribution in [2.24, 2.45) is 0 Å². The molecule has 0 aliphatic carbocycles. The van der Waals surface area contributed by atoms with E-state index in [1.807, 2.05) is 6.07 Å². The molecule has 3 heteroatoms. The molecule has 1 N–H and O–H groups in total. The fourth-order valence-electron chi connectivity index (χ4n) is 0.932. The first-order valence-corrected chi connectivity index (χ1v) is 4.07. The number of aliphatic hydroxyl groups excluding tert-OH is 1. The van der Waals surface area contributed by atoms with E-state index in [4.69, 9.17) is 10.4 Å². The lowest BCUT2D eigenvalue weighted by Gasteiger charge is -1.94. The third-order valence-corrected chi connectivity index (χ3v) is 1.56. The van der Waals surface area contributed by atoms with E-state index in [2.05, 4.69) is 11.8 Å². The van der Waals surface area contributed by atoms with Gasteiger partial charge in [-0.2, -0.15) is 5.26 Å². The minimum Gasteiger partial charge on any atom is -0.395 e. The summed E-state index contributed by atoms with van der Waals surface area (Å²) in [6.45, 7) is -0.0178. The van der Waals surface area contributed by atoms with Crippen molar-refractivity contribution >= 4 is 0 Å². The van der Waals surface area contributed by atoms with E-state index in [0.717, 1.165) is 6.07 Å². The molecule has 0 atom stereocenters. The monoisotopic (exact) mass is 189 g/mol. The van der Waals surface area contributed by atoms with Gasteiger partial charge in [-0.3, -0.25) is 0 Å². The van der Waals surface area contributed by atoms with Crippen LogP contribution >= 0.6 is 0 Å². The molecular formula is C11H8FNO. The van der Waals surface area contributed by atoms with Crippen LogP contribution in [0.15, 0.2) is 18.2 Å². The Morgan fingerprint density at radius 3 is 2.79 bits per heavy atom. The maximum absolute atomic E-state index is 12.7. The summed E-state index contributed by atoms with van der Waals surface area (Å²) in [4.78, 5) is 0. The molecule has 0 saturated heterocycles. The van der Waals surface area contributed by atoms with Crippen LogP contribution in [0.3, 0.4) is 0 Å². The minimum atomic E-state index is -0.450. The van der Waals surface area contributed by atoms with E-state index in [-0.39, 0.29) is 12.2 Å². The Kier molecular flexibility index (Phi) is 3.67. The van der Waals surface area contributed by atoms with E-state index >= 15 is 0 Å². The van der Waals surface area contributed by atoms with E-state index in [1.54, 1.807) is 0 Å². The second kappa shape index (κ2) is 5.01. The summed E-state index contributed by atoms with van der Waals surface area (Å²) in [5.41, 5.74) is 0.706. The number of hydrogen-bond donors (Lipinski definition) is 1. The van der Waals surface area contributed by atoms with E-state index in [1.165, 1.54) is 12.1 Å². The van der Waals surface area contributed by atoms with Crippen LogP contribution in [-0.2, 0) is 0 Å². The van der Waals surface area contributed by atoms with Gasteiger partial charge in [0.2, 0.25) is 0 Å². The maximum Gasteiger partial charge on any atom is 0.124 e. The molecule has 0 saturated carbocycles. The predicted octanol–water partition coefficient (Wildman–Crippen LogP) is 1.43. The minimum absolute atomic E-state index is 0.0178. The molecule has 0 spiro atoms. The highest BCUT2D eigenvalue weighted by Gasteiger charge is 1.99. The van der Waals surface area contributed by atoms with E-state index in [9.17, 15) is 4.39 Å². The molecule has 0 bridgehead atoms. The fourth-order valence-corrected chi connectivity index (χ4v) is 0.932. The zero-order valence-electron chi connectivity index (χ0n) is 7.42. The van der Waals surface area contributed by atoms with Crippen molar-refractivity contribution in [3.63, 3.8) is 0 Å². The lowest BCUT2D eigenvalue weighted by atomic mass is 10.1. The van der Waals surface area contributed by atoms with Crippen LogP contribution in [-0.4, -0.2) is 11.7 Å². The van der Waals surface area contributed by atoms with Gasteiger partial charge in [0.1, 0.15) is 11.9 Å². The Morgan fingerprint density at radius 2 is 2.14 bits per heavy atom. The molecule has 1 aromatic carbocycles. The molecule has 0 heterocycles. The van der Waals surface area contributed by atoms with Crippen molar-refractivity contribution in [1.29, 1.82) is 5.26 Å². The lowest BCUT2D eigenvalue weighted by Crippen LogP contribution is -1.85. The number of aliphatic hydroxyl groups is 1. The third kappa shape index (κ3) is 2.58. The predicted molar refractivity (Wildman–Crippen MR) is 49.7 cm³/mol. The standard InChI is InChI=1S/C11H8FNO/c12-11-5-4-9(3-1-2-6-14)10(7-11)8-13/h4-5,7,14H,2,6H2. The third-order valence-electron chi connectivity index (χ3n) is 1.56. The summed E-state index contributed by atoms with van der Waals surface area (Å²) >= 11 is 0. The highest BCUT2D eigenvalue weighted by atomic mass is 19.1. The Labute approximate surface area is 81.6 Å². The zero-order chi connectivity index (χ0) is 10.4. The van der Waals surface area contributed by atoms with Gasteiger partial charge in [0.15, 0.2) is 0 Å². The quantitative estimate of drug-likeness (QED) is 0.679. The van der Waals surface area contributed by atoms with Crippen molar-refractivity contribution < 1.29 is 9.50 Å². The SMILES string of the molecule is N#Cc1cc(F)ccc1C#CCCO. The molecule has 70 valence electrons. The molecule has 14 heavy (non-hydrogen) atoms. The van der Waals surface area contributed by atoms with Crippen molar-refractivity contribution in [3.8, 4) is 17.9 Å². The second-order valence-electron chi connectivity index (χ2n) is 2.58. The smallest absolute Gasteiger partial charge is 0.124 e. The van der Waals surface area contributed by atoms with Crippen LogP contribution in [0.5, 0.6) is 0 Å². The van der Waals surface area contributed by atoms with Crippen molar-refractivity contribution in [3.05, 3.63) is 35.1 Å². The first-order valence-electron chi connectivity index (χ1n) is 4.07. The maximum atomic E-state index is 12.7. The molecule has 0 radical (unpaired) electrons. The Balaban J connectivity index is 3.00. The van der Waals surface area contributed by atoms with E-state index in [0.29, 0.717) is 12.0 Å². The average Bonchev–Trinajstić information content (AvgIpc) is 2.20. The number of nitriles is 1. The second-order valence-corrected chi connectivity index (χ2v) is 2.58. The van der Waals surface area contributed by atoms with Gasteiger partial charge >= 0.3 is 0 Å². The molecule has 0 aliphatic heterocycles. The summed E-state index contributed by atoms with van der Waals surface area (Å²) in [5.74, 6) is 4.92. The van der Waals surface area contributed by atoms with Crippen molar-refractivity contribution in [2.75, 3.05) is 6.61 Å². The summed E-state index contributed by atoms with van der Waals surface area (Å²) < 4.78 is 12.7. The van der Waals surface area contributed by atoms with Crippen LogP contribution in [0.2, 0.25) is 0 Å². The summed E-state index contributed by atoms with van der Waals surface area (Å²) in [7, 11) is 0. The molecule has 2 nitrogen and oxygen atoms in total. The average molecular weight is 189 g/mol. The van der Waals surface area contributed by atoms with Gasteiger partial charge in [-0.15, -0.1) is 0 Å². The first-order chi connectivity index (χ1) is 6.77. The number of benzene rings is 1. The van der Waals surface area contributed by atoms with Crippen molar-refractivity contribution in [2.45, 2.75) is 6.42 Å². The van der Waals surface area contributed by atoms with Gasteiger partial charge in [-0.25, -0.2) is 4.39 Å². The number of rotatable bonds is 1. The largest absolute Gasteiger partial charge is 0.395 e. The molecular weight excluding hydrogens is 181 g/mol. The highest BCUT2D eigenvalue weighted by molar-refractivity contribution is 5.47. The van der Waals surface area contributed by atoms with Crippen LogP contribution in [0.1, 0.15) is 17.5 Å². The van der Waals surface area contributed by atoms with Crippen LogP contribution in [0, 0.1) is 29.0 Å². The van der Waals surface area contributed by atoms with Crippen LogP contribution in [0.4, 0.5) is 4.39 Å². The van der Waals surface area contributed by atoms with Gasteiger partial charge in [-0.1, -0.05) is 11.8 Å². The van der Waals surface area contributed by atoms with Gasteiger partial charge in [0, 0.05) is 12.0 Å². The number of hydrogen-bond acceptors (Lipinski definition) is 2. The molecule has 0 aliphatic rings. The first kappa shape index (κ1) is 10.2. The fraction of sp³-hybridized carbons (Fsp3) is 0.182. The summed E-state index contributed by atoms with van der Waals surface area (Å²) in [6.07, 6.45) is 0.349. The molecule has 1 aromatic rings. The van der Waals surface area contributed by atoms with E-state index < -0.39 is 5.82 Å². The molecule has 0 aromatic heterocycles. The molecule has 0 fully saturated rings. The molecule has 1 rings (SSSR count). The van der Waals surface area contributed by atoms with Gasteiger partial charge in [0.05, 0.1) is 12.2 Å². The Hall–Kier alpha value is -1.84. The Bertz CT molecular complexity index is 423. The van der Waals surface area contributed by atoms with Gasteiger partial charge in [0.25, 0.3) is 0 Å². The van der Waals surface area contributed by atoms with Crippen LogP contribution in [0.25, 0.3) is 0 Å². The van der Waals surface area contributed by atoms with Gasteiger partial charge in [-0.05, 0) is 18.2 Å². The zero-order valence-corrected chi connectivity index (χ0v) is 7.42. The van der Waals surface area contributed by atoms with Gasteiger partial charge < -0.3 is 5.11 Å². The Morgan fingerprint density at radius 1 is 1.36 bits per heavy atom. The highest BCUT2D eigenvalue weighted by Crippen LogP contribution is 2.08. The molecule has 0 amide bonds.